The fourth-order valence-corrected chi connectivity index (χ4v) is 3.31. The largest absolute Gasteiger partial charge is 0.488 e. The second kappa shape index (κ2) is 9.16. The molecule has 0 bridgehead atoms. The second-order valence-corrected chi connectivity index (χ2v) is 7.43. The van der Waals surface area contributed by atoms with E-state index in [4.69, 9.17) is 27.9 Å². The average molecular weight is 439 g/mol. The van der Waals surface area contributed by atoms with Gasteiger partial charge in [0.05, 0.1) is 21.9 Å². The third-order valence-corrected chi connectivity index (χ3v) is 5.28. The summed E-state index contributed by atoms with van der Waals surface area (Å²) in [7, 11) is 0. The number of hydrazone groups is 1. The Hall–Kier alpha value is -3.08. The first kappa shape index (κ1) is 20.2. The van der Waals surface area contributed by atoms with Crippen LogP contribution in [0.25, 0.3) is 10.8 Å². The molecule has 0 unspecified atom stereocenters. The standard InChI is InChI=1S/C24H17Cl2FN2O/c25-22-11-10-19(13-23(22)26)29-28-14-21-20-4-2-1-3-17(20)7-12-24(21)30-15-16-5-8-18(27)9-6-16/h1-14,29H,15H2. The number of fused-ring (bicyclic) bond motifs is 1. The first-order valence-electron chi connectivity index (χ1n) is 9.23. The molecule has 0 fully saturated rings. The summed E-state index contributed by atoms with van der Waals surface area (Å²) in [5.41, 5.74) is 5.39. The topological polar surface area (TPSA) is 33.6 Å². The third-order valence-electron chi connectivity index (χ3n) is 4.55. The van der Waals surface area contributed by atoms with Gasteiger partial charge >= 0.3 is 0 Å². The van der Waals surface area contributed by atoms with E-state index in [0.29, 0.717) is 22.4 Å². The van der Waals surface area contributed by atoms with E-state index in [2.05, 4.69) is 10.5 Å². The van der Waals surface area contributed by atoms with Crippen molar-refractivity contribution in [1.82, 2.24) is 0 Å². The molecule has 4 aromatic rings. The molecule has 30 heavy (non-hydrogen) atoms. The number of ether oxygens (including phenoxy) is 1. The summed E-state index contributed by atoms with van der Waals surface area (Å²) in [5.74, 6) is 0.406. The molecular formula is C24H17Cl2FN2O. The highest BCUT2D eigenvalue weighted by molar-refractivity contribution is 6.42. The highest BCUT2D eigenvalue weighted by Gasteiger charge is 2.08. The fourth-order valence-electron chi connectivity index (χ4n) is 3.01. The molecule has 0 spiro atoms. The number of anilines is 1. The van der Waals surface area contributed by atoms with Crippen LogP contribution in [0.4, 0.5) is 10.1 Å². The number of benzene rings is 4. The lowest BCUT2D eigenvalue weighted by atomic mass is 10.0. The molecule has 4 rings (SSSR count). The molecular weight excluding hydrogens is 422 g/mol. The van der Waals surface area contributed by atoms with Gasteiger partial charge < -0.3 is 4.74 Å². The second-order valence-electron chi connectivity index (χ2n) is 6.61. The molecule has 0 atom stereocenters. The predicted octanol–water partition coefficient (Wildman–Crippen LogP) is 7.31. The molecule has 0 radical (unpaired) electrons. The lowest BCUT2D eigenvalue weighted by molar-refractivity contribution is 0.306. The van der Waals surface area contributed by atoms with Gasteiger partial charge in [0.2, 0.25) is 0 Å². The Labute approximate surface area is 183 Å². The van der Waals surface area contributed by atoms with E-state index in [1.165, 1.54) is 12.1 Å². The third kappa shape index (κ3) is 4.73. The lowest BCUT2D eigenvalue weighted by Crippen LogP contribution is -2.00. The zero-order chi connectivity index (χ0) is 20.9. The Kier molecular flexibility index (Phi) is 6.17. The van der Waals surface area contributed by atoms with E-state index < -0.39 is 0 Å². The molecule has 0 saturated carbocycles. The van der Waals surface area contributed by atoms with Crippen molar-refractivity contribution in [3.05, 3.63) is 106 Å². The molecule has 0 saturated heterocycles. The molecule has 4 aromatic carbocycles. The van der Waals surface area contributed by atoms with Gasteiger partial charge in [-0.1, -0.05) is 65.7 Å². The van der Waals surface area contributed by atoms with Crippen LogP contribution in [0.5, 0.6) is 5.75 Å². The first-order valence-corrected chi connectivity index (χ1v) is 9.99. The smallest absolute Gasteiger partial charge is 0.129 e. The summed E-state index contributed by atoms with van der Waals surface area (Å²) in [6.45, 7) is 0.319. The fraction of sp³-hybridized carbons (Fsp3) is 0.0417. The van der Waals surface area contributed by atoms with Gasteiger partial charge in [0.15, 0.2) is 0 Å². The van der Waals surface area contributed by atoms with Crippen molar-refractivity contribution in [2.24, 2.45) is 5.10 Å². The Balaban J connectivity index is 1.61. The van der Waals surface area contributed by atoms with Crippen LogP contribution in [0.2, 0.25) is 10.0 Å². The number of nitrogens with one attached hydrogen (secondary N) is 1. The van der Waals surface area contributed by atoms with E-state index >= 15 is 0 Å². The molecule has 0 aliphatic rings. The van der Waals surface area contributed by atoms with Crippen LogP contribution in [0.15, 0.2) is 84.0 Å². The first-order chi connectivity index (χ1) is 14.6. The van der Waals surface area contributed by atoms with Gasteiger partial charge in [-0.3, -0.25) is 5.43 Å². The Morgan fingerprint density at radius 1 is 0.900 bits per heavy atom. The van der Waals surface area contributed by atoms with E-state index in [0.717, 1.165) is 27.6 Å². The molecule has 6 heteroatoms. The summed E-state index contributed by atoms with van der Waals surface area (Å²) in [6.07, 6.45) is 1.71. The van der Waals surface area contributed by atoms with Crippen molar-refractivity contribution in [1.29, 1.82) is 0 Å². The number of hydrogen-bond acceptors (Lipinski definition) is 3. The van der Waals surface area contributed by atoms with E-state index in [1.807, 2.05) is 36.4 Å². The van der Waals surface area contributed by atoms with E-state index in [9.17, 15) is 4.39 Å². The minimum atomic E-state index is -0.273. The van der Waals surface area contributed by atoms with Crippen molar-refractivity contribution in [3.63, 3.8) is 0 Å². The molecule has 0 heterocycles. The minimum Gasteiger partial charge on any atom is -0.488 e. The summed E-state index contributed by atoms with van der Waals surface area (Å²) >= 11 is 12.0. The van der Waals surface area contributed by atoms with Gasteiger partial charge in [0.25, 0.3) is 0 Å². The predicted molar refractivity (Wildman–Crippen MR) is 122 cm³/mol. The minimum absolute atomic E-state index is 0.273. The number of halogens is 3. The van der Waals surface area contributed by atoms with Crippen LogP contribution in [0.3, 0.4) is 0 Å². The van der Waals surface area contributed by atoms with Gasteiger partial charge in [-0.2, -0.15) is 5.10 Å². The Morgan fingerprint density at radius 3 is 2.50 bits per heavy atom. The molecule has 0 amide bonds. The van der Waals surface area contributed by atoms with Crippen molar-refractivity contribution >= 4 is 45.9 Å². The van der Waals surface area contributed by atoms with Crippen LogP contribution < -0.4 is 10.2 Å². The molecule has 0 aliphatic carbocycles. The lowest BCUT2D eigenvalue weighted by Gasteiger charge is -2.12. The zero-order valence-corrected chi connectivity index (χ0v) is 17.3. The van der Waals surface area contributed by atoms with Crippen LogP contribution in [0, 0.1) is 5.82 Å². The number of hydrogen-bond donors (Lipinski definition) is 1. The Morgan fingerprint density at radius 2 is 1.70 bits per heavy atom. The van der Waals surface area contributed by atoms with Gasteiger partial charge in [-0.15, -0.1) is 0 Å². The molecule has 1 N–H and O–H groups in total. The van der Waals surface area contributed by atoms with Crippen molar-refractivity contribution in [2.75, 3.05) is 5.43 Å². The molecule has 0 aliphatic heterocycles. The van der Waals surface area contributed by atoms with Crippen molar-refractivity contribution in [3.8, 4) is 5.75 Å². The van der Waals surface area contributed by atoms with E-state index in [-0.39, 0.29) is 5.82 Å². The van der Waals surface area contributed by atoms with Gasteiger partial charge in [0, 0.05) is 5.56 Å². The molecule has 150 valence electrons. The maximum Gasteiger partial charge on any atom is 0.129 e. The van der Waals surface area contributed by atoms with Crippen molar-refractivity contribution < 1.29 is 9.13 Å². The SMILES string of the molecule is Fc1ccc(COc2ccc3ccccc3c2C=NNc2ccc(Cl)c(Cl)c2)cc1. The van der Waals surface area contributed by atoms with Crippen LogP contribution in [-0.2, 0) is 6.61 Å². The number of nitrogens with zero attached hydrogens (tertiary/aromatic N) is 1. The Bertz CT molecular complexity index is 1210. The zero-order valence-electron chi connectivity index (χ0n) is 15.8. The van der Waals surface area contributed by atoms with Crippen LogP contribution in [0.1, 0.15) is 11.1 Å². The summed E-state index contributed by atoms with van der Waals surface area (Å²) in [6, 6.07) is 23.4. The summed E-state index contributed by atoms with van der Waals surface area (Å²) < 4.78 is 19.2. The van der Waals surface area contributed by atoms with Gasteiger partial charge in [-0.05, 0) is 52.7 Å². The van der Waals surface area contributed by atoms with Crippen molar-refractivity contribution in [2.45, 2.75) is 6.61 Å². The average Bonchev–Trinajstić information content (AvgIpc) is 2.76. The van der Waals surface area contributed by atoms with E-state index in [1.54, 1.807) is 36.5 Å². The highest BCUT2D eigenvalue weighted by atomic mass is 35.5. The maximum atomic E-state index is 13.1. The maximum absolute atomic E-state index is 13.1. The summed E-state index contributed by atoms with van der Waals surface area (Å²) in [4.78, 5) is 0. The monoisotopic (exact) mass is 438 g/mol. The number of rotatable bonds is 6. The van der Waals surface area contributed by atoms with Crippen LogP contribution in [-0.4, -0.2) is 6.21 Å². The quantitative estimate of drug-likeness (QED) is 0.252. The molecule has 3 nitrogen and oxygen atoms in total. The van der Waals surface area contributed by atoms with Gasteiger partial charge in [0.1, 0.15) is 18.2 Å². The highest BCUT2D eigenvalue weighted by Crippen LogP contribution is 2.28. The van der Waals surface area contributed by atoms with Gasteiger partial charge in [-0.25, -0.2) is 4.39 Å². The molecule has 0 aromatic heterocycles. The normalized spacial score (nSPS) is 11.2. The van der Waals surface area contributed by atoms with Crippen LogP contribution >= 0.6 is 23.2 Å². The summed E-state index contributed by atoms with van der Waals surface area (Å²) in [5, 5.41) is 7.37.